The van der Waals surface area contributed by atoms with Crippen LogP contribution in [0.25, 0.3) is 0 Å². The first kappa shape index (κ1) is 12.6. The van der Waals surface area contributed by atoms with Crippen LogP contribution in [0.15, 0.2) is 34.9 Å². The summed E-state index contributed by atoms with van der Waals surface area (Å²) in [6, 6.07) is 8.38. The molecule has 0 bridgehead atoms. The third kappa shape index (κ3) is 2.00. The van der Waals surface area contributed by atoms with Gasteiger partial charge in [0.05, 0.1) is 17.9 Å². The molecule has 0 amide bonds. The van der Waals surface area contributed by atoms with E-state index in [-0.39, 0.29) is 17.6 Å². The molecule has 1 aromatic carbocycles. The number of nitriles is 1. The number of hydrogen-bond acceptors (Lipinski definition) is 5. The second kappa shape index (κ2) is 4.91. The van der Waals surface area contributed by atoms with Crippen molar-refractivity contribution >= 4 is 17.4 Å². The number of benzene rings is 1. The fourth-order valence-corrected chi connectivity index (χ4v) is 2.21. The van der Waals surface area contributed by atoms with Crippen molar-refractivity contribution in [2.75, 3.05) is 6.79 Å². The molecule has 2 heterocycles. The zero-order valence-electron chi connectivity index (χ0n) is 10.1. The lowest BCUT2D eigenvalue weighted by atomic mass is 9.93. The van der Waals surface area contributed by atoms with Gasteiger partial charge < -0.3 is 13.9 Å². The zero-order chi connectivity index (χ0) is 14.1. The lowest BCUT2D eigenvalue weighted by molar-refractivity contribution is 0.0978. The van der Waals surface area contributed by atoms with E-state index in [0.29, 0.717) is 17.1 Å². The van der Waals surface area contributed by atoms with Crippen LogP contribution in [-0.4, -0.2) is 12.6 Å². The molecule has 20 heavy (non-hydrogen) atoms. The van der Waals surface area contributed by atoms with E-state index >= 15 is 0 Å². The first-order valence-corrected chi connectivity index (χ1v) is 6.15. The van der Waals surface area contributed by atoms with Gasteiger partial charge in [0.15, 0.2) is 17.3 Å². The van der Waals surface area contributed by atoms with Crippen molar-refractivity contribution in [2.24, 2.45) is 0 Å². The first-order chi connectivity index (χ1) is 9.70. The number of ether oxygens (including phenoxy) is 2. The number of hydrogen-bond donors (Lipinski definition) is 0. The summed E-state index contributed by atoms with van der Waals surface area (Å²) in [4.78, 5) is 12.3. The van der Waals surface area contributed by atoms with E-state index in [4.69, 9.17) is 25.5 Å². The summed E-state index contributed by atoms with van der Waals surface area (Å²) < 4.78 is 15.3. The minimum Gasteiger partial charge on any atom is -0.454 e. The minimum atomic E-state index is -0.973. The Morgan fingerprint density at radius 3 is 2.80 bits per heavy atom. The van der Waals surface area contributed by atoms with Crippen LogP contribution in [0.3, 0.4) is 0 Å². The summed E-state index contributed by atoms with van der Waals surface area (Å²) in [6.07, 6.45) is 1.31. The molecule has 0 aliphatic carbocycles. The Kier molecular flexibility index (Phi) is 3.09. The van der Waals surface area contributed by atoms with Crippen molar-refractivity contribution in [2.45, 2.75) is 5.92 Å². The van der Waals surface area contributed by atoms with Gasteiger partial charge in [0.2, 0.25) is 12.0 Å². The van der Waals surface area contributed by atoms with E-state index in [1.54, 1.807) is 18.2 Å². The van der Waals surface area contributed by atoms with Gasteiger partial charge >= 0.3 is 0 Å². The van der Waals surface area contributed by atoms with Crippen LogP contribution in [0.2, 0.25) is 5.22 Å². The van der Waals surface area contributed by atoms with Crippen LogP contribution in [0.4, 0.5) is 0 Å². The normalized spacial score (nSPS) is 13.8. The number of fused-ring (bicyclic) bond motifs is 1. The molecule has 5 nitrogen and oxygen atoms in total. The van der Waals surface area contributed by atoms with Gasteiger partial charge in [-0.3, -0.25) is 4.79 Å². The van der Waals surface area contributed by atoms with Crippen molar-refractivity contribution < 1.29 is 18.7 Å². The van der Waals surface area contributed by atoms with Gasteiger partial charge in [-0.2, -0.15) is 5.26 Å². The molecule has 1 aliphatic heterocycles. The van der Waals surface area contributed by atoms with Gasteiger partial charge in [-0.25, -0.2) is 0 Å². The molecule has 0 saturated heterocycles. The standard InChI is InChI=1S/C14H8ClNO4/c15-14-9(3-4-18-14)13(17)10(6-16)8-1-2-11-12(5-8)20-7-19-11/h1-5,10H,7H2. The maximum Gasteiger partial charge on any atom is 0.231 e. The molecule has 1 aromatic heterocycles. The Balaban J connectivity index is 1.97. The number of halogens is 1. The predicted molar refractivity (Wildman–Crippen MR) is 69.0 cm³/mol. The topological polar surface area (TPSA) is 72.5 Å². The lowest BCUT2D eigenvalue weighted by Crippen LogP contribution is -2.10. The molecule has 0 N–H and O–H groups in total. The highest BCUT2D eigenvalue weighted by molar-refractivity contribution is 6.32. The Morgan fingerprint density at radius 2 is 2.10 bits per heavy atom. The number of Topliss-reactive ketones (excluding diaryl/α,β-unsaturated/α-hetero) is 1. The predicted octanol–water partition coefficient (Wildman–Crippen LogP) is 3.15. The third-order valence-electron chi connectivity index (χ3n) is 3.00. The quantitative estimate of drug-likeness (QED) is 0.812. The first-order valence-electron chi connectivity index (χ1n) is 5.77. The van der Waals surface area contributed by atoms with Crippen molar-refractivity contribution in [1.82, 2.24) is 0 Å². The highest BCUT2D eigenvalue weighted by Gasteiger charge is 2.27. The van der Waals surface area contributed by atoms with Gasteiger partial charge in [-0.05, 0) is 35.4 Å². The molecular formula is C14H8ClNO4. The summed E-state index contributed by atoms with van der Waals surface area (Å²) >= 11 is 5.78. The summed E-state index contributed by atoms with van der Waals surface area (Å²) in [7, 11) is 0. The maximum absolute atomic E-state index is 12.3. The monoisotopic (exact) mass is 289 g/mol. The molecule has 3 rings (SSSR count). The number of nitrogens with zero attached hydrogens (tertiary/aromatic N) is 1. The summed E-state index contributed by atoms with van der Waals surface area (Å²) in [5, 5.41) is 9.25. The Hall–Kier alpha value is -2.45. The number of furan rings is 1. The van der Waals surface area contributed by atoms with E-state index in [9.17, 15) is 10.1 Å². The third-order valence-corrected chi connectivity index (χ3v) is 3.30. The smallest absolute Gasteiger partial charge is 0.231 e. The van der Waals surface area contributed by atoms with Gasteiger partial charge in [0.1, 0.15) is 5.92 Å². The molecule has 0 saturated carbocycles. The highest BCUT2D eigenvalue weighted by atomic mass is 35.5. The van der Waals surface area contributed by atoms with E-state index in [1.807, 2.05) is 6.07 Å². The van der Waals surface area contributed by atoms with Crippen LogP contribution < -0.4 is 9.47 Å². The van der Waals surface area contributed by atoms with Gasteiger partial charge in [0.25, 0.3) is 0 Å². The molecule has 1 atom stereocenters. The summed E-state index contributed by atoms with van der Waals surface area (Å²) in [6.45, 7) is 0.136. The number of carbonyl (C=O) groups is 1. The van der Waals surface area contributed by atoms with E-state index in [2.05, 4.69) is 0 Å². The van der Waals surface area contributed by atoms with Gasteiger partial charge in [-0.15, -0.1) is 0 Å². The summed E-state index contributed by atoms with van der Waals surface area (Å²) in [5.74, 6) is -0.266. The van der Waals surface area contributed by atoms with Crippen LogP contribution in [0.1, 0.15) is 21.8 Å². The molecule has 1 aliphatic rings. The fourth-order valence-electron chi connectivity index (χ4n) is 2.00. The SMILES string of the molecule is N#CC(C(=O)c1ccoc1Cl)c1ccc2c(c1)OCO2. The van der Waals surface area contributed by atoms with Crippen molar-refractivity contribution in [3.63, 3.8) is 0 Å². The van der Waals surface area contributed by atoms with E-state index in [1.165, 1.54) is 12.3 Å². The average molecular weight is 290 g/mol. The molecule has 2 aromatic rings. The van der Waals surface area contributed by atoms with E-state index < -0.39 is 11.7 Å². The average Bonchev–Trinajstić information content (AvgIpc) is 3.07. The van der Waals surface area contributed by atoms with Gasteiger partial charge in [0, 0.05) is 0 Å². The lowest BCUT2D eigenvalue weighted by Gasteiger charge is -2.08. The Bertz CT molecular complexity index is 716. The molecule has 0 fully saturated rings. The second-order valence-electron chi connectivity index (χ2n) is 4.15. The molecule has 1 unspecified atom stereocenters. The molecule has 100 valence electrons. The minimum absolute atomic E-state index is 0.0176. The van der Waals surface area contributed by atoms with Crippen LogP contribution in [0.5, 0.6) is 11.5 Å². The largest absolute Gasteiger partial charge is 0.454 e. The van der Waals surface area contributed by atoms with Crippen LogP contribution in [0, 0.1) is 11.3 Å². The van der Waals surface area contributed by atoms with Crippen molar-refractivity contribution in [1.29, 1.82) is 5.26 Å². The number of ketones is 1. The van der Waals surface area contributed by atoms with Crippen LogP contribution in [-0.2, 0) is 0 Å². The van der Waals surface area contributed by atoms with E-state index in [0.717, 1.165) is 0 Å². The number of rotatable bonds is 3. The Morgan fingerprint density at radius 1 is 1.30 bits per heavy atom. The fraction of sp³-hybridized carbons (Fsp3) is 0.143. The zero-order valence-corrected chi connectivity index (χ0v) is 10.9. The molecule has 0 spiro atoms. The maximum atomic E-state index is 12.3. The number of carbonyl (C=O) groups excluding carboxylic acids is 1. The van der Waals surface area contributed by atoms with Crippen LogP contribution >= 0.6 is 11.6 Å². The second-order valence-corrected chi connectivity index (χ2v) is 4.49. The van der Waals surface area contributed by atoms with Crippen molar-refractivity contribution in [3.8, 4) is 17.6 Å². The van der Waals surface area contributed by atoms with Gasteiger partial charge in [-0.1, -0.05) is 6.07 Å². The highest BCUT2D eigenvalue weighted by Crippen LogP contribution is 2.35. The summed E-state index contributed by atoms with van der Waals surface area (Å²) in [5.41, 5.74) is 0.718. The van der Waals surface area contributed by atoms with Crippen molar-refractivity contribution in [3.05, 3.63) is 46.9 Å². The Labute approximate surface area is 119 Å². The molecule has 6 heteroatoms. The molecule has 0 radical (unpaired) electrons. The molecular weight excluding hydrogens is 282 g/mol.